The minimum Gasteiger partial charge on any atom is -0.444 e. The molecule has 1 aromatic heterocycles. The highest BCUT2D eigenvalue weighted by Gasteiger charge is 2.19. The lowest BCUT2D eigenvalue weighted by Gasteiger charge is -2.24. The van der Waals surface area contributed by atoms with E-state index in [1.54, 1.807) is 13.2 Å². The fourth-order valence-corrected chi connectivity index (χ4v) is 1.88. The second-order valence-corrected chi connectivity index (χ2v) is 6.42. The first-order valence-corrected chi connectivity index (χ1v) is 7.50. The van der Waals surface area contributed by atoms with Gasteiger partial charge in [0.1, 0.15) is 10.6 Å². The number of hydrogen-bond donors (Lipinski definition) is 2. The maximum atomic E-state index is 11.7. The fraction of sp³-hybridized carbons (Fsp3) is 0.615. The lowest BCUT2D eigenvalue weighted by molar-refractivity contribution is 0.0301. The Hall–Kier alpha value is -1.83. The Morgan fingerprint density at radius 2 is 2.10 bits per heavy atom. The van der Waals surface area contributed by atoms with Gasteiger partial charge in [-0.15, -0.1) is 11.3 Å². The van der Waals surface area contributed by atoms with E-state index in [1.165, 1.54) is 16.2 Å². The van der Waals surface area contributed by atoms with Gasteiger partial charge in [0.05, 0.1) is 6.54 Å². The zero-order valence-corrected chi connectivity index (χ0v) is 13.6. The largest absolute Gasteiger partial charge is 0.444 e. The summed E-state index contributed by atoms with van der Waals surface area (Å²) in [6.45, 7) is 6.54. The minimum atomic E-state index is -0.524. The molecule has 118 valence electrons. The Balaban J connectivity index is 2.17. The van der Waals surface area contributed by atoms with Crippen molar-refractivity contribution in [2.45, 2.75) is 32.9 Å². The predicted molar refractivity (Wildman–Crippen MR) is 81.2 cm³/mol. The summed E-state index contributed by atoms with van der Waals surface area (Å²) in [5.41, 5.74) is -0.524. The normalized spacial score (nSPS) is 10.9. The number of amides is 3. The van der Waals surface area contributed by atoms with Gasteiger partial charge in [-0.05, 0) is 20.8 Å². The van der Waals surface area contributed by atoms with E-state index < -0.39 is 11.7 Å². The molecule has 0 saturated carbocycles. The third-order valence-electron chi connectivity index (χ3n) is 2.32. The molecule has 0 aliphatic rings. The van der Waals surface area contributed by atoms with Crippen molar-refractivity contribution in [3.63, 3.8) is 0 Å². The summed E-state index contributed by atoms with van der Waals surface area (Å²) in [5.74, 6) is 0. The molecule has 0 atom stereocenters. The number of thiazole rings is 1. The molecule has 1 aromatic rings. The van der Waals surface area contributed by atoms with E-state index in [0.717, 1.165) is 5.01 Å². The molecule has 0 radical (unpaired) electrons. The van der Waals surface area contributed by atoms with Crippen LogP contribution in [0.25, 0.3) is 0 Å². The monoisotopic (exact) mass is 314 g/mol. The number of urea groups is 1. The lowest BCUT2D eigenvalue weighted by Crippen LogP contribution is -2.42. The van der Waals surface area contributed by atoms with Gasteiger partial charge >= 0.3 is 12.1 Å². The molecule has 0 aromatic carbocycles. The molecule has 1 heterocycles. The third-order valence-corrected chi connectivity index (χ3v) is 3.10. The smallest absolute Gasteiger partial charge is 0.410 e. The lowest BCUT2D eigenvalue weighted by atomic mass is 10.2. The van der Waals surface area contributed by atoms with Crippen molar-refractivity contribution in [3.8, 4) is 0 Å². The van der Waals surface area contributed by atoms with Crippen molar-refractivity contribution >= 4 is 23.5 Å². The van der Waals surface area contributed by atoms with Crippen LogP contribution in [-0.4, -0.2) is 47.7 Å². The zero-order chi connectivity index (χ0) is 15.9. The van der Waals surface area contributed by atoms with Crippen LogP contribution in [0.4, 0.5) is 9.59 Å². The van der Waals surface area contributed by atoms with E-state index in [-0.39, 0.29) is 6.03 Å². The van der Waals surface area contributed by atoms with E-state index in [1.807, 2.05) is 26.2 Å². The summed E-state index contributed by atoms with van der Waals surface area (Å²) in [6.07, 6.45) is 1.28. The first-order valence-electron chi connectivity index (χ1n) is 6.62. The maximum Gasteiger partial charge on any atom is 0.410 e. The molecule has 0 bridgehead atoms. The van der Waals surface area contributed by atoms with Crippen molar-refractivity contribution in [2.24, 2.45) is 0 Å². The van der Waals surface area contributed by atoms with Gasteiger partial charge in [0.2, 0.25) is 0 Å². The van der Waals surface area contributed by atoms with E-state index in [4.69, 9.17) is 4.74 Å². The van der Waals surface area contributed by atoms with Crippen LogP contribution in [0.15, 0.2) is 11.6 Å². The summed E-state index contributed by atoms with van der Waals surface area (Å²) in [7, 11) is 1.63. The standard InChI is InChI=1S/C13H22N4O3S/c1-13(2,3)20-12(19)17(4)7-5-15-11(18)16-9-10-14-6-8-21-10/h6,8H,5,7,9H2,1-4H3,(H2,15,16,18). The van der Waals surface area contributed by atoms with Crippen LogP contribution in [-0.2, 0) is 11.3 Å². The molecular formula is C13H22N4O3S. The number of rotatable bonds is 5. The van der Waals surface area contributed by atoms with Crippen molar-refractivity contribution in [3.05, 3.63) is 16.6 Å². The summed E-state index contributed by atoms with van der Waals surface area (Å²) in [4.78, 5) is 28.7. The van der Waals surface area contributed by atoms with Crippen molar-refractivity contribution in [2.75, 3.05) is 20.1 Å². The fourth-order valence-electron chi connectivity index (χ4n) is 1.33. The number of carbonyl (C=O) groups is 2. The highest BCUT2D eigenvalue weighted by atomic mass is 32.1. The quantitative estimate of drug-likeness (QED) is 0.868. The van der Waals surface area contributed by atoms with Gasteiger partial charge in [0, 0.05) is 31.7 Å². The summed E-state index contributed by atoms with van der Waals surface area (Å²) in [5, 5.41) is 8.06. The molecule has 1 rings (SSSR count). The van der Waals surface area contributed by atoms with Crippen LogP contribution in [0.5, 0.6) is 0 Å². The van der Waals surface area contributed by atoms with Gasteiger partial charge in [-0.25, -0.2) is 14.6 Å². The van der Waals surface area contributed by atoms with E-state index in [9.17, 15) is 9.59 Å². The van der Waals surface area contributed by atoms with Gasteiger partial charge in [-0.1, -0.05) is 0 Å². The first kappa shape index (κ1) is 17.2. The highest BCUT2D eigenvalue weighted by molar-refractivity contribution is 7.09. The third kappa shape index (κ3) is 7.50. The average molecular weight is 314 g/mol. The minimum absolute atomic E-state index is 0.289. The van der Waals surface area contributed by atoms with Crippen LogP contribution in [0, 0.1) is 0 Å². The second kappa shape index (κ2) is 7.82. The molecule has 2 N–H and O–H groups in total. The Labute approximate surface area is 128 Å². The van der Waals surface area contributed by atoms with Gasteiger partial charge in [-0.2, -0.15) is 0 Å². The molecule has 0 saturated heterocycles. The van der Waals surface area contributed by atoms with Crippen LogP contribution in [0.1, 0.15) is 25.8 Å². The number of hydrogen-bond acceptors (Lipinski definition) is 5. The van der Waals surface area contributed by atoms with Gasteiger partial charge in [0.15, 0.2) is 0 Å². The van der Waals surface area contributed by atoms with Crippen LogP contribution in [0.2, 0.25) is 0 Å². The molecule has 8 heteroatoms. The molecule has 7 nitrogen and oxygen atoms in total. The zero-order valence-electron chi connectivity index (χ0n) is 12.8. The van der Waals surface area contributed by atoms with Gasteiger partial charge in [-0.3, -0.25) is 0 Å². The summed E-state index contributed by atoms with van der Waals surface area (Å²) < 4.78 is 5.21. The van der Waals surface area contributed by atoms with Crippen molar-refractivity contribution in [1.82, 2.24) is 20.5 Å². The Morgan fingerprint density at radius 1 is 1.38 bits per heavy atom. The van der Waals surface area contributed by atoms with Crippen LogP contribution >= 0.6 is 11.3 Å². The van der Waals surface area contributed by atoms with Crippen LogP contribution < -0.4 is 10.6 Å². The SMILES string of the molecule is CN(CCNC(=O)NCc1nccs1)C(=O)OC(C)(C)C. The number of likely N-dealkylation sites (N-methyl/N-ethyl adjacent to an activating group) is 1. The van der Waals surface area contributed by atoms with Crippen LogP contribution in [0.3, 0.4) is 0 Å². The van der Waals surface area contributed by atoms with Crippen molar-refractivity contribution < 1.29 is 14.3 Å². The molecule has 0 aliphatic carbocycles. The molecule has 0 spiro atoms. The Morgan fingerprint density at radius 3 is 2.67 bits per heavy atom. The topological polar surface area (TPSA) is 83.6 Å². The second-order valence-electron chi connectivity index (χ2n) is 5.44. The van der Waals surface area contributed by atoms with Gasteiger partial charge in [0.25, 0.3) is 0 Å². The molecule has 0 unspecified atom stereocenters. The molecule has 0 aliphatic heterocycles. The van der Waals surface area contributed by atoms with E-state index in [2.05, 4.69) is 15.6 Å². The Kier molecular flexibility index (Phi) is 6.41. The molecule has 0 fully saturated rings. The number of aromatic nitrogens is 1. The summed E-state index contributed by atoms with van der Waals surface area (Å²) >= 11 is 1.48. The van der Waals surface area contributed by atoms with Crippen molar-refractivity contribution in [1.29, 1.82) is 0 Å². The molecule has 3 amide bonds. The molecule has 21 heavy (non-hydrogen) atoms. The average Bonchev–Trinajstić information content (AvgIpc) is 2.87. The number of carbonyl (C=O) groups excluding carboxylic acids is 2. The van der Waals surface area contributed by atoms with Gasteiger partial charge < -0.3 is 20.3 Å². The Bertz CT molecular complexity index is 456. The molecular weight excluding hydrogens is 292 g/mol. The number of nitrogens with zero attached hydrogens (tertiary/aromatic N) is 2. The number of ether oxygens (including phenoxy) is 1. The summed E-state index contributed by atoms with van der Waals surface area (Å²) in [6, 6.07) is -0.289. The maximum absolute atomic E-state index is 11.7. The van der Waals surface area contributed by atoms with E-state index >= 15 is 0 Å². The first-order chi connectivity index (χ1) is 9.78. The number of nitrogens with one attached hydrogen (secondary N) is 2. The predicted octanol–water partition coefficient (Wildman–Crippen LogP) is 1.81. The highest BCUT2D eigenvalue weighted by Crippen LogP contribution is 2.08. The van der Waals surface area contributed by atoms with E-state index in [0.29, 0.717) is 19.6 Å².